The van der Waals surface area contributed by atoms with Gasteiger partial charge in [0.2, 0.25) is 0 Å². The van der Waals surface area contributed by atoms with Crippen LogP contribution in [-0.4, -0.2) is 31.5 Å². The summed E-state index contributed by atoms with van der Waals surface area (Å²) < 4.78 is 18.8. The van der Waals surface area contributed by atoms with E-state index in [1.807, 2.05) is 12.1 Å². The lowest BCUT2D eigenvalue weighted by molar-refractivity contribution is -0.155. The van der Waals surface area contributed by atoms with E-state index in [0.717, 1.165) is 51.3 Å². The summed E-state index contributed by atoms with van der Waals surface area (Å²) in [5, 5.41) is 0. The zero-order chi connectivity index (χ0) is 13.1. The Morgan fingerprint density at radius 2 is 2.05 bits per heavy atom. The van der Waals surface area contributed by atoms with E-state index in [9.17, 15) is 0 Å². The van der Waals surface area contributed by atoms with Crippen LogP contribution in [-0.2, 0) is 9.47 Å². The quantitative estimate of drug-likeness (QED) is 0.743. The van der Waals surface area contributed by atoms with E-state index in [4.69, 9.17) is 14.2 Å². The predicted molar refractivity (Wildman–Crippen MR) is 81.5 cm³/mol. The average molecular weight is 374 g/mol. The highest BCUT2D eigenvalue weighted by Gasteiger charge is 2.39. The maximum Gasteiger partial charge on any atom is 0.120 e. The Hall–Kier alpha value is -0.330. The van der Waals surface area contributed by atoms with E-state index < -0.39 is 0 Å². The van der Waals surface area contributed by atoms with Crippen LogP contribution >= 0.6 is 22.6 Å². The zero-order valence-electron chi connectivity index (χ0n) is 10.9. The maximum absolute atomic E-state index is 6.14. The lowest BCUT2D eigenvalue weighted by Gasteiger charge is -2.43. The molecule has 2 aliphatic heterocycles. The van der Waals surface area contributed by atoms with Crippen LogP contribution in [0.2, 0.25) is 0 Å². The van der Waals surface area contributed by atoms with E-state index in [-0.39, 0.29) is 11.7 Å². The number of hydrogen-bond acceptors (Lipinski definition) is 3. The van der Waals surface area contributed by atoms with Crippen LogP contribution in [0.15, 0.2) is 24.3 Å². The van der Waals surface area contributed by atoms with Crippen molar-refractivity contribution in [3.05, 3.63) is 27.8 Å². The third-order valence-electron chi connectivity index (χ3n) is 3.95. The SMILES string of the molecule is Ic1cccc(OC2CCOC3(CCOCC3)C2)c1. The maximum atomic E-state index is 6.14. The molecule has 2 fully saturated rings. The summed E-state index contributed by atoms with van der Waals surface area (Å²) >= 11 is 2.32. The number of rotatable bonds is 2. The van der Waals surface area contributed by atoms with Crippen LogP contribution < -0.4 is 4.74 Å². The summed E-state index contributed by atoms with van der Waals surface area (Å²) in [7, 11) is 0. The monoisotopic (exact) mass is 374 g/mol. The Morgan fingerprint density at radius 3 is 2.84 bits per heavy atom. The van der Waals surface area contributed by atoms with Gasteiger partial charge in [-0.2, -0.15) is 0 Å². The highest BCUT2D eigenvalue weighted by molar-refractivity contribution is 14.1. The number of halogens is 1. The molecule has 104 valence electrons. The van der Waals surface area contributed by atoms with Crippen molar-refractivity contribution in [1.29, 1.82) is 0 Å². The third kappa shape index (κ3) is 3.41. The van der Waals surface area contributed by atoms with Crippen molar-refractivity contribution in [3.63, 3.8) is 0 Å². The molecule has 19 heavy (non-hydrogen) atoms. The summed E-state index contributed by atoms with van der Waals surface area (Å²) in [5.74, 6) is 0.973. The molecule has 2 heterocycles. The fourth-order valence-electron chi connectivity index (χ4n) is 2.91. The van der Waals surface area contributed by atoms with Gasteiger partial charge < -0.3 is 14.2 Å². The van der Waals surface area contributed by atoms with Gasteiger partial charge in [0.05, 0.1) is 12.2 Å². The molecule has 0 aromatic heterocycles. The molecule has 0 saturated carbocycles. The molecule has 0 N–H and O–H groups in total. The Balaban J connectivity index is 1.65. The fraction of sp³-hybridized carbons (Fsp3) is 0.600. The van der Waals surface area contributed by atoms with E-state index in [2.05, 4.69) is 34.7 Å². The lowest BCUT2D eigenvalue weighted by Crippen LogP contribution is -2.47. The molecule has 1 unspecified atom stereocenters. The minimum Gasteiger partial charge on any atom is -0.490 e. The van der Waals surface area contributed by atoms with Crippen LogP contribution in [0.3, 0.4) is 0 Å². The molecule has 2 saturated heterocycles. The van der Waals surface area contributed by atoms with Crippen molar-refractivity contribution in [1.82, 2.24) is 0 Å². The summed E-state index contributed by atoms with van der Waals surface area (Å²) in [6, 6.07) is 8.25. The molecule has 0 aliphatic carbocycles. The molecule has 0 bridgehead atoms. The first-order chi connectivity index (χ1) is 9.26. The molecular weight excluding hydrogens is 355 g/mol. The highest BCUT2D eigenvalue weighted by Crippen LogP contribution is 2.35. The van der Waals surface area contributed by atoms with Gasteiger partial charge in [0.25, 0.3) is 0 Å². The van der Waals surface area contributed by atoms with Crippen LogP contribution in [0.4, 0.5) is 0 Å². The van der Waals surface area contributed by atoms with Gasteiger partial charge in [0, 0.05) is 29.6 Å². The van der Waals surface area contributed by atoms with E-state index in [1.54, 1.807) is 0 Å². The second-order valence-corrected chi connectivity index (χ2v) is 6.58. The molecule has 1 aromatic carbocycles. The molecular formula is C15H19IO3. The van der Waals surface area contributed by atoms with E-state index in [1.165, 1.54) is 3.57 Å². The van der Waals surface area contributed by atoms with Crippen molar-refractivity contribution < 1.29 is 14.2 Å². The van der Waals surface area contributed by atoms with Gasteiger partial charge in [0.15, 0.2) is 0 Å². The lowest BCUT2D eigenvalue weighted by atomic mass is 9.85. The first-order valence-corrected chi connectivity index (χ1v) is 7.98. The Morgan fingerprint density at radius 1 is 1.21 bits per heavy atom. The van der Waals surface area contributed by atoms with Crippen LogP contribution in [0.1, 0.15) is 25.7 Å². The van der Waals surface area contributed by atoms with Crippen LogP contribution in [0.25, 0.3) is 0 Å². The second kappa shape index (κ2) is 5.97. The predicted octanol–water partition coefficient (Wildman–Crippen LogP) is 3.40. The molecule has 0 amide bonds. The summed E-state index contributed by atoms with van der Waals surface area (Å²) in [5.41, 5.74) is 0.00308. The van der Waals surface area contributed by atoms with E-state index in [0.29, 0.717) is 0 Å². The van der Waals surface area contributed by atoms with Crippen molar-refractivity contribution >= 4 is 22.6 Å². The minimum absolute atomic E-state index is 0.00308. The average Bonchev–Trinajstić information content (AvgIpc) is 2.40. The van der Waals surface area contributed by atoms with Gasteiger partial charge >= 0.3 is 0 Å². The topological polar surface area (TPSA) is 27.7 Å². The molecule has 0 radical (unpaired) electrons. The smallest absolute Gasteiger partial charge is 0.120 e. The second-order valence-electron chi connectivity index (χ2n) is 5.33. The van der Waals surface area contributed by atoms with Crippen molar-refractivity contribution in [2.45, 2.75) is 37.4 Å². The van der Waals surface area contributed by atoms with Gasteiger partial charge in [-0.05, 0) is 53.6 Å². The molecule has 3 nitrogen and oxygen atoms in total. The molecule has 1 atom stereocenters. The van der Waals surface area contributed by atoms with Crippen molar-refractivity contribution in [3.8, 4) is 5.75 Å². The zero-order valence-corrected chi connectivity index (χ0v) is 13.1. The van der Waals surface area contributed by atoms with Gasteiger partial charge in [-0.1, -0.05) is 6.07 Å². The first kappa shape index (κ1) is 13.6. The van der Waals surface area contributed by atoms with Gasteiger partial charge in [-0.15, -0.1) is 0 Å². The van der Waals surface area contributed by atoms with Crippen LogP contribution in [0, 0.1) is 3.57 Å². The van der Waals surface area contributed by atoms with Crippen molar-refractivity contribution in [2.24, 2.45) is 0 Å². The number of ether oxygens (including phenoxy) is 3. The Kier molecular flexibility index (Phi) is 4.29. The molecule has 1 spiro atoms. The van der Waals surface area contributed by atoms with Crippen molar-refractivity contribution in [2.75, 3.05) is 19.8 Å². The summed E-state index contributed by atoms with van der Waals surface area (Å²) in [4.78, 5) is 0. The number of hydrogen-bond donors (Lipinski definition) is 0. The molecule has 1 aromatic rings. The Bertz CT molecular complexity index is 424. The normalized spacial score (nSPS) is 26.3. The first-order valence-electron chi connectivity index (χ1n) is 6.90. The van der Waals surface area contributed by atoms with Gasteiger partial charge in [0.1, 0.15) is 11.9 Å². The summed E-state index contributed by atoms with van der Waals surface area (Å²) in [6.07, 6.45) is 4.24. The van der Waals surface area contributed by atoms with Gasteiger partial charge in [-0.3, -0.25) is 0 Å². The highest BCUT2D eigenvalue weighted by atomic mass is 127. The summed E-state index contributed by atoms with van der Waals surface area (Å²) in [6.45, 7) is 2.43. The van der Waals surface area contributed by atoms with E-state index >= 15 is 0 Å². The number of benzene rings is 1. The molecule has 4 heteroatoms. The van der Waals surface area contributed by atoms with Gasteiger partial charge in [-0.25, -0.2) is 0 Å². The van der Waals surface area contributed by atoms with Crippen LogP contribution in [0.5, 0.6) is 5.75 Å². The fourth-order valence-corrected chi connectivity index (χ4v) is 3.42. The Labute approximate surface area is 127 Å². The largest absolute Gasteiger partial charge is 0.490 e. The standard InChI is InChI=1S/C15H19IO3/c16-12-2-1-3-13(10-12)19-14-4-7-18-15(11-14)5-8-17-9-6-15/h1-3,10,14H,4-9,11H2. The third-order valence-corrected chi connectivity index (χ3v) is 4.62. The molecule has 2 aliphatic rings. The minimum atomic E-state index is 0.00308. The molecule has 3 rings (SSSR count).